The lowest BCUT2D eigenvalue weighted by molar-refractivity contribution is 0.0673. The number of hydrogen-bond donors (Lipinski definition) is 1. The Kier molecular flexibility index (Phi) is 6.35. The van der Waals surface area contributed by atoms with Crippen molar-refractivity contribution >= 4 is 29.9 Å². The predicted molar refractivity (Wildman–Crippen MR) is 91.6 cm³/mol. The van der Waals surface area contributed by atoms with Crippen LogP contribution in [0.2, 0.25) is 0 Å². The van der Waals surface area contributed by atoms with Crippen LogP contribution in [0.15, 0.2) is 4.99 Å². The predicted octanol–water partition coefficient (Wildman–Crippen LogP) is 1.13. The van der Waals surface area contributed by atoms with Gasteiger partial charge in [0, 0.05) is 25.7 Å². The van der Waals surface area contributed by atoms with Crippen LogP contribution < -0.4 is 5.73 Å². The van der Waals surface area contributed by atoms with Gasteiger partial charge in [0.2, 0.25) is 0 Å². The highest BCUT2D eigenvalue weighted by molar-refractivity contribution is 14.0. The summed E-state index contributed by atoms with van der Waals surface area (Å²) in [6.45, 7) is 6.75. The molecule has 2 N–H and O–H groups in total. The molecule has 0 aromatic heterocycles. The Labute approximate surface area is 138 Å². The average Bonchev–Trinajstić information content (AvgIpc) is 3.31. The van der Waals surface area contributed by atoms with E-state index in [4.69, 9.17) is 10.5 Å². The minimum atomic E-state index is 0. The first-order chi connectivity index (χ1) is 9.33. The molecule has 1 aliphatic carbocycles. The fourth-order valence-electron chi connectivity index (χ4n) is 3.06. The van der Waals surface area contributed by atoms with Crippen LogP contribution in [0, 0.1) is 5.92 Å². The maximum absolute atomic E-state index is 6.06. The molecule has 0 aromatic carbocycles. The Hall–Kier alpha value is -0.0800. The van der Waals surface area contributed by atoms with Crippen molar-refractivity contribution in [3.05, 3.63) is 0 Å². The standard InChI is InChI=1S/C14H26N4O.HI/c15-14(18-7-9-19-10-8-18)16-11-12-3-5-17(6-4-12)13-1-2-13;/h12-13H,1-11H2,(H2,15,16);1H. The van der Waals surface area contributed by atoms with Gasteiger partial charge in [0.15, 0.2) is 5.96 Å². The number of morpholine rings is 1. The lowest BCUT2D eigenvalue weighted by Gasteiger charge is -2.32. The first kappa shape index (κ1) is 16.3. The van der Waals surface area contributed by atoms with Crippen LogP contribution in [0.3, 0.4) is 0 Å². The molecule has 0 radical (unpaired) electrons. The number of likely N-dealkylation sites (tertiary alicyclic amines) is 1. The van der Waals surface area contributed by atoms with Crippen LogP contribution in [0.4, 0.5) is 0 Å². The van der Waals surface area contributed by atoms with E-state index < -0.39 is 0 Å². The van der Waals surface area contributed by atoms with E-state index in [2.05, 4.69) is 14.8 Å². The van der Waals surface area contributed by atoms with Crippen molar-refractivity contribution in [3.8, 4) is 0 Å². The number of guanidine groups is 1. The van der Waals surface area contributed by atoms with E-state index in [1.54, 1.807) is 0 Å². The van der Waals surface area contributed by atoms with Crippen molar-refractivity contribution in [1.29, 1.82) is 0 Å². The normalized spacial score (nSPS) is 26.4. The van der Waals surface area contributed by atoms with Crippen molar-refractivity contribution in [1.82, 2.24) is 9.80 Å². The molecule has 0 aromatic rings. The highest BCUT2D eigenvalue weighted by Gasteiger charge is 2.31. The highest BCUT2D eigenvalue weighted by Crippen LogP contribution is 2.30. The topological polar surface area (TPSA) is 54.1 Å². The molecule has 3 aliphatic rings. The fourth-order valence-corrected chi connectivity index (χ4v) is 3.06. The van der Waals surface area contributed by atoms with E-state index in [9.17, 15) is 0 Å². The SMILES string of the molecule is I.NC(=NCC1CCN(C2CC2)CC1)N1CCOCC1. The van der Waals surface area contributed by atoms with Gasteiger partial charge in [-0.25, -0.2) is 0 Å². The quantitative estimate of drug-likeness (QED) is 0.443. The lowest BCUT2D eigenvalue weighted by Crippen LogP contribution is -2.45. The van der Waals surface area contributed by atoms with Gasteiger partial charge in [0.1, 0.15) is 0 Å². The van der Waals surface area contributed by atoms with Gasteiger partial charge >= 0.3 is 0 Å². The van der Waals surface area contributed by atoms with Crippen molar-refractivity contribution < 1.29 is 4.74 Å². The molecule has 2 heterocycles. The Bertz CT molecular complexity index is 321. The molecule has 6 heteroatoms. The zero-order chi connectivity index (χ0) is 13.1. The molecule has 0 amide bonds. The number of nitrogens with zero attached hydrogens (tertiary/aromatic N) is 3. The summed E-state index contributed by atoms with van der Waals surface area (Å²) in [5, 5.41) is 0. The molecule has 20 heavy (non-hydrogen) atoms. The first-order valence-electron chi connectivity index (χ1n) is 7.69. The van der Waals surface area contributed by atoms with Gasteiger partial charge in [-0.05, 0) is 44.7 Å². The first-order valence-corrected chi connectivity index (χ1v) is 7.69. The lowest BCUT2D eigenvalue weighted by atomic mass is 9.97. The number of aliphatic imine (C=N–C) groups is 1. The van der Waals surface area contributed by atoms with Crippen molar-refractivity contribution in [3.63, 3.8) is 0 Å². The summed E-state index contributed by atoms with van der Waals surface area (Å²) in [6.07, 6.45) is 5.42. The van der Waals surface area contributed by atoms with E-state index in [-0.39, 0.29) is 24.0 Å². The summed E-state index contributed by atoms with van der Waals surface area (Å²) in [5.41, 5.74) is 6.06. The Morgan fingerprint density at radius 2 is 1.70 bits per heavy atom. The van der Waals surface area contributed by atoms with Crippen molar-refractivity contribution in [2.75, 3.05) is 45.9 Å². The number of piperidine rings is 1. The van der Waals surface area contributed by atoms with Crippen LogP contribution in [-0.2, 0) is 4.74 Å². The zero-order valence-electron chi connectivity index (χ0n) is 12.2. The van der Waals surface area contributed by atoms with E-state index >= 15 is 0 Å². The number of rotatable bonds is 3. The van der Waals surface area contributed by atoms with Gasteiger partial charge in [-0.1, -0.05) is 0 Å². The molecular weight excluding hydrogens is 367 g/mol. The summed E-state index contributed by atoms with van der Waals surface area (Å²) in [6, 6.07) is 0.919. The van der Waals surface area contributed by atoms with Crippen LogP contribution in [0.25, 0.3) is 0 Å². The third kappa shape index (κ3) is 4.46. The van der Waals surface area contributed by atoms with E-state index in [1.165, 1.54) is 38.8 Å². The summed E-state index contributed by atoms with van der Waals surface area (Å²) >= 11 is 0. The molecule has 0 spiro atoms. The molecule has 0 unspecified atom stereocenters. The molecule has 0 bridgehead atoms. The third-order valence-corrected chi connectivity index (χ3v) is 4.56. The number of halogens is 1. The van der Waals surface area contributed by atoms with Gasteiger partial charge in [0.05, 0.1) is 13.2 Å². The third-order valence-electron chi connectivity index (χ3n) is 4.56. The Morgan fingerprint density at radius 1 is 1.05 bits per heavy atom. The van der Waals surface area contributed by atoms with Crippen LogP contribution in [0.5, 0.6) is 0 Å². The molecule has 3 fully saturated rings. The van der Waals surface area contributed by atoms with E-state index in [0.29, 0.717) is 5.96 Å². The molecular formula is C14H27IN4O. The monoisotopic (exact) mass is 394 g/mol. The molecule has 5 nitrogen and oxygen atoms in total. The Balaban J connectivity index is 0.00000147. The second-order valence-corrected chi connectivity index (χ2v) is 6.01. The van der Waals surface area contributed by atoms with Gasteiger partial charge in [-0.2, -0.15) is 0 Å². The minimum Gasteiger partial charge on any atom is -0.378 e. The molecule has 0 atom stereocenters. The van der Waals surface area contributed by atoms with Gasteiger partial charge in [0.25, 0.3) is 0 Å². The van der Waals surface area contributed by atoms with Crippen LogP contribution in [0.1, 0.15) is 25.7 Å². The summed E-state index contributed by atoms with van der Waals surface area (Å²) in [7, 11) is 0. The van der Waals surface area contributed by atoms with Crippen LogP contribution >= 0.6 is 24.0 Å². The molecule has 2 saturated heterocycles. The average molecular weight is 394 g/mol. The number of nitrogens with two attached hydrogens (primary N) is 1. The molecule has 2 aliphatic heterocycles. The number of ether oxygens (including phenoxy) is 1. The van der Waals surface area contributed by atoms with E-state index in [1.807, 2.05) is 0 Å². The zero-order valence-corrected chi connectivity index (χ0v) is 14.5. The maximum atomic E-state index is 6.06. The van der Waals surface area contributed by atoms with Gasteiger partial charge < -0.3 is 20.3 Å². The summed E-state index contributed by atoms with van der Waals surface area (Å²) in [4.78, 5) is 9.40. The smallest absolute Gasteiger partial charge is 0.191 e. The van der Waals surface area contributed by atoms with Crippen molar-refractivity contribution in [2.24, 2.45) is 16.6 Å². The largest absolute Gasteiger partial charge is 0.378 e. The number of hydrogen-bond acceptors (Lipinski definition) is 3. The minimum absolute atomic E-state index is 0. The summed E-state index contributed by atoms with van der Waals surface area (Å²) < 4.78 is 5.33. The van der Waals surface area contributed by atoms with Gasteiger partial charge in [-0.3, -0.25) is 4.99 Å². The second kappa shape index (κ2) is 7.79. The molecule has 1 saturated carbocycles. The van der Waals surface area contributed by atoms with Gasteiger partial charge in [-0.15, -0.1) is 24.0 Å². The van der Waals surface area contributed by atoms with Crippen LogP contribution in [-0.4, -0.2) is 67.7 Å². The summed E-state index contributed by atoms with van der Waals surface area (Å²) in [5.74, 6) is 1.45. The molecule has 116 valence electrons. The molecule has 3 rings (SSSR count). The fraction of sp³-hybridized carbons (Fsp3) is 0.929. The highest BCUT2D eigenvalue weighted by atomic mass is 127. The van der Waals surface area contributed by atoms with Crippen molar-refractivity contribution in [2.45, 2.75) is 31.7 Å². The van der Waals surface area contributed by atoms with E-state index in [0.717, 1.165) is 44.8 Å². The maximum Gasteiger partial charge on any atom is 0.191 e. The second-order valence-electron chi connectivity index (χ2n) is 6.01. The Morgan fingerprint density at radius 3 is 2.30 bits per heavy atom.